The molecular formula is C30H52N6O5. The molecule has 0 aromatic heterocycles. The molecule has 41 heavy (non-hydrogen) atoms. The largest absolute Gasteiger partial charge is 0.363 e. The molecule has 3 rings (SSSR count). The fourth-order valence-electron chi connectivity index (χ4n) is 6.07. The molecule has 1 saturated carbocycles. The third-order valence-electron chi connectivity index (χ3n) is 9.32. The van der Waals surface area contributed by atoms with Gasteiger partial charge < -0.3 is 31.9 Å². The van der Waals surface area contributed by atoms with Gasteiger partial charge in [-0.25, -0.2) is 4.79 Å². The number of rotatable bonds is 10. The van der Waals surface area contributed by atoms with Crippen molar-refractivity contribution < 1.29 is 24.0 Å². The number of nitrogens with two attached hydrogens (primary N) is 1. The number of ketones is 1. The van der Waals surface area contributed by atoms with Crippen LogP contribution in [0, 0.1) is 28.6 Å². The first-order chi connectivity index (χ1) is 18.8. The molecule has 5 amide bonds. The van der Waals surface area contributed by atoms with Crippen LogP contribution in [0.1, 0.15) is 87.5 Å². The zero-order valence-electron chi connectivity index (χ0n) is 26.2. The van der Waals surface area contributed by atoms with Crippen molar-refractivity contribution in [3.8, 4) is 0 Å². The van der Waals surface area contributed by atoms with Gasteiger partial charge in [-0.2, -0.15) is 0 Å². The first-order valence-electron chi connectivity index (χ1n) is 15.0. The molecular weight excluding hydrogens is 524 g/mol. The first-order valence-corrected chi connectivity index (χ1v) is 15.0. The van der Waals surface area contributed by atoms with Crippen molar-refractivity contribution in [3.05, 3.63) is 0 Å². The maximum Gasteiger partial charge on any atom is 0.315 e. The van der Waals surface area contributed by atoms with Gasteiger partial charge in [0.1, 0.15) is 12.1 Å². The minimum Gasteiger partial charge on any atom is -0.363 e. The third-order valence-corrected chi connectivity index (χ3v) is 9.32. The van der Waals surface area contributed by atoms with Gasteiger partial charge in [-0.3, -0.25) is 19.2 Å². The van der Waals surface area contributed by atoms with E-state index in [1.807, 2.05) is 41.5 Å². The van der Waals surface area contributed by atoms with Crippen LogP contribution >= 0.6 is 0 Å². The highest BCUT2D eigenvalue weighted by Gasteiger charge is 2.51. The molecule has 0 bridgehead atoms. The Morgan fingerprint density at radius 2 is 1.54 bits per heavy atom. The second-order valence-corrected chi connectivity index (χ2v) is 15.1. The molecule has 1 aliphatic carbocycles. The predicted octanol–water partition coefficient (Wildman–Crippen LogP) is 1.69. The van der Waals surface area contributed by atoms with E-state index in [9.17, 15) is 24.0 Å². The maximum atomic E-state index is 14.2. The number of carbonyl (C=O) groups excluding carboxylic acids is 5. The average Bonchev–Trinajstić information content (AvgIpc) is 3.21. The lowest BCUT2D eigenvalue weighted by molar-refractivity contribution is -0.143. The van der Waals surface area contributed by atoms with Crippen LogP contribution in [0.15, 0.2) is 0 Å². The van der Waals surface area contributed by atoms with Crippen LogP contribution in [-0.4, -0.2) is 77.7 Å². The van der Waals surface area contributed by atoms with Crippen molar-refractivity contribution >= 4 is 29.5 Å². The van der Waals surface area contributed by atoms with Gasteiger partial charge >= 0.3 is 6.03 Å². The van der Waals surface area contributed by atoms with E-state index in [4.69, 9.17) is 5.73 Å². The second kappa shape index (κ2) is 12.3. The summed E-state index contributed by atoms with van der Waals surface area (Å²) in [5.41, 5.74) is 4.04. The Kier molecular flexibility index (Phi) is 9.82. The lowest BCUT2D eigenvalue weighted by Crippen LogP contribution is -2.61. The van der Waals surface area contributed by atoms with Gasteiger partial charge in [0.05, 0.1) is 6.04 Å². The third kappa shape index (κ3) is 7.99. The Morgan fingerprint density at radius 3 is 1.98 bits per heavy atom. The molecule has 4 atom stereocenters. The van der Waals surface area contributed by atoms with E-state index in [-0.39, 0.29) is 23.2 Å². The molecule has 2 aliphatic heterocycles. The Labute approximate surface area is 244 Å². The van der Waals surface area contributed by atoms with Crippen LogP contribution in [0.2, 0.25) is 0 Å². The molecule has 2 heterocycles. The predicted molar refractivity (Wildman–Crippen MR) is 157 cm³/mol. The Morgan fingerprint density at radius 1 is 0.927 bits per heavy atom. The lowest BCUT2D eigenvalue weighted by atomic mass is 9.66. The standard InChI is InChI=1S/C30H52N6O5/c1-28(2,3)23(34-27(41)35-29(4,5)6)26(40)36-16-18(30(7,8)19-14-32-15-19)13-21(36)25(39)33-20(22(37)24(31)38)12-17-10-9-11-17/h17-21,23,32H,9-16H2,1-8H3,(H2,31,38)(H,33,39)(H2,34,35,41)/t18-,20?,21-,23+/m0/s1. The number of hydrogen-bond donors (Lipinski definition) is 5. The van der Waals surface area contributed by atoms with Crippen LogP contribution in [-0.2, 0) is 19.2 Å². The highest BCUT2D eigenvalue weighted by atomic mass is 16.2. The normalized spacial score (nSPS) is 23.6. The summed E-state index contributed by atoms with van der Waals surface area (Å²) >= 11 is 0. The number of urea groups is 1. The van der Waals surface area contributed by atoms with Crippen LogP contribution in [0.4, 0.5) is 4.79 Å². The smallest absolute Gasteiger partial charge is 0.315 e. The molecule has 0 spiro atoms. The van der Waals surface area contributed by atoms with Gasteiger partial charge in [-0.15, -0.1) is 0 Å². The Hall–Kier alpha value is -2.69. The number of hydrogen-bond acceptors (Lipinski definition) is 6. The molecule has 11 nitrogen and oxygen atoms in total. The van der Waals surface area contributed by atoms with Gasteiger partial charge in [0.2, 0.25) is 17.6 Å². The lowest BCUT2D eigenvalue weighted by Gasteiger charge is -2.45. The summed E-state index contributed by atoms with van der Waals surface area (Å²) in [5, 5.41) is 11.8. The van der Waals surface area contributed by atoms with E-state index in [1.165, 1.54) is 0 Å². The highest BCUT2D eigenvalue weighted by Crippen LogP contribution is 2.44. The summed E-state index contributed by atoms with van der Waals surface area (Å²) in [6, 6.07) is -3.22. The van der Waals surface area contributed by atoms with Gasteiger partial charge in [-0.05, 0) is 75.3 Å². The number of amides is 5. The average molecular weight is 577 g/mol. The zero-order valence-corrected chi connectivity index (χ0v) is 26.2. The van der Waals surface area contributed by atoms with E-state index in [0.717, 1.165) is 32.4 Å². The number of likely N-dealkylation sites (tertiary alicyclic amines) is 1. The van der Waals surface area contributed by atoms with Crippen molar-refractivity contribution in [2.45, 2.75) is 111 Å². The Balaban J connectivity index is 1.89. The summed E-state index contributed by atoms with van der Waals surface area (Å²) in [4.78, 5) is 67.1. The summed E-state index contributed by atoms with van der Waals surface area (Å²) < 4.78 is 0. The number of nitrogens with zero attached hydrogens (tertiary/aromatic N) is 1. The topological polar surface area (TPSA) is 163 Å². The van der Waals surface area contributed by atoms with Gasteiger partial charge in [0.25, 0.3) is 5.91 Å². The van der Waals surface area contributed by atoms with Crippen LogP contribution < -0.4 is 27.0 Å². The molecule has 0 radical (unpaired) electrons. The molecule has 232 valence electrons. The summed E-state index contributed by atoms with van der Waals surface area (Å²) in [6.45, 7) is 17.7. The molecule has 0 aromatic rings. The molecule has 3 aliphatic rings. The first kappa shape index (κ1) is 32.8. The van der Waals surface area contributed by atoms with Gasteiger partial charge in [0, 0.05) is 12.1 Å². The fraction of sp³-hybridized carbons (Fsp3) is 0.833. The molecule has 2 saturated heterocycles. The highest BCUT2D eigenvalue weighted by molar-refractivity contribution is 6.37. The minimum absolute atomic E-state index is 0.0234. The fourth-order valence-corrected chi connectivity index (χ4v) is 6.07. The summed E-state index contributed by atoms with van der Waals surface area (Å²) in [7, 11) is 0. The van der Waals surface area contributed by atoms with Crippen molar-refractivity contribution in [2.75, 3.05) is 19.6 Å². The quantitative estimate of drug-likeness (QED) is 0.249. The van der Waals surface area contributed by atoms with Crippen LogP contribution in [0.5, 0.6) is 0 Å². The number of nitrogens with one attached hydrogen (secondary N) is 4. The summed E-state index contributed by atoms with van der Waals surface area (Å²) in [6.07, 6.45) is 3.71. The molecule has 1 unspecified atom stereocenters. The minimum atomic E-state index is -1.08. The van der Waals surface area contributed by atoms with Crippen molar-refractivity contribution in [1.82, 2.24) is 26.2 Å². The maximum absolute atomic E-state index is 14.2. The number of Topliss-reactive ketones (excluding diaryl/α,β-unsaturated/α-hetero) is 1. The molecule has 0 aromatic carbocycles. The monoisotopic (exact) mass is 576 g/mol. The van der Waals surface area contributed by atoms with Crippen molar-refractivity contribution in [3.63, 3.8) is 0 Å². The van der Waals surface area contributed by atoms with E-state index in [1.54, 1.807) is 4.90 Å². The van der Waals surface area contributed by atoms with E-state index in [2.05, 4.69) is 35.1 Å². The molecule has 6 N–H and O–H groups in total. The van der Waals surface area contributed by atoms with Crippen molar-refractivity contribution in [2.24, 2.45) is 34.3 Å². The summed E-state index contributed by atoms with van der Waals surface area (Å²) in [5.74, 6) is -2.02. The Bertz CT molecular complexity index is 1020. The molecule has 11 heteroatoms. The van der Waals surface area contributed by atoms with Gasteiger partial charge in [0.15, 0.2) is 0 Å². The number of carbonyl (C=O) groups is 5. The van der Waals surface area contributed by atoms with Crippen molar-refractivity contribution in [1.29, 1.82) is 0 Å². The van der Waals surface area contributed by atoms with E-state index < -0.39 is 52.7 Å². The SMILES string of the molecule is CC(C)(C)NC(=O)N[C@H](C(=O)N1C[C@@H](C(C)(C)C2CNC2)C[C@H]1C(=O)NC(CC1CCC1)C(=O)C(N)=O)C(C)(C)C. The van der Waals surface area contributed by atoms with Gasteiger partial charge in [-0.1, -0.05) is 53.9 Å². The number of primary amides is 1. The van der Waals surface area contributed by atoms with Crippen LogP contribution in [0.25, 0.3) is 0 Å². The van der Waals surface area contributed by atoms with Crippen LogP contribution in [0.3, 0.4) is 0 Å². The zero-order chi connectivity index (χ0) is 30.9. The van der Waals surface area contributed by atoms with E-state index in [0.29, 0.717) is 25.3 Å². The molecule has 3 fully saturated rings. The van der Waals surface area contributed by atoms with E-state index >= 15 is 0 Å². The second-order valence-electron chi connectivity index (χ2n) is 15.1.